The number of nitrogens with two attached hydrogens (primary N) is 1. The number of nitrogens with one attached hydrogen (secondary N) is 1. The van der Waals surface area contributed by atoms with Gasteiger partial charge in [0.25, 0.3) is 0 Å². The number of primary amides is 1. The maximum absolute atomic E-state index is 12.0. The fourth-order valence-corrected chi connectivity index (χ4v) is 2.66. The van der Waals surface area contributed by atoms with Crippen molar-refractivity contribution in [3.8, 4) is 0 Å². The minimum absolute atomic E-state index is 0.0306. The summed E-state index contributed by atoms with van der Waals surface area (Å²) in [4.78, 5) is 35.0. The Bertz CT molecular complexity index is 696. The SMILES string of the molecule is NC(=O)C1(C(=O)OCc2cc(CNC(=O)C3CC3)ccc2Cl)CC1. The van der Waals surface area contributed by atoms with E-state index in [-0.39, 0.29) is 18.4 Å². The van der Waals surface area contributed by atoms with E-state index < -0.39 is 17.3 Å². The van der Waals surface area contributed by atoms with Gasteiger partial charge in [0.1, 0.15) is 12.0 Å². The number of amides is 2. The van der Waals surface area contributed by atoms with Gasteiger partial charge < -0.3 is 15.8 Å². The average molecular weight is 351 g/mol. The summed E-state index contributed by atoms with van der Waals surface area (Å²) < 4.78 is 5.21. The molecule has 3 rings (SSSR count). The predicted octanol–water partition coefficient (Wildman–Crippen LogP) is 1.67. The first kappa shape index (κ1) is 16.8. The average Bonchev–Trinajstić information content (AvgIpc) is 3.44. The lowest BCUT2D eigenvalue weighted by atomic mass is 10.1. The molecule has 24 heavy (non-hydrogen) atoms. The molecule has 7 heteroatoms. The third kappa shape index (κ3) is 3.53. The summed E-state index contributed by atoms with van der Waals surface area (Å²) >= 11 is 6.12. The Hall–Kier alpha value is -2.08. The van der Waals surface area contributed by atoms with E-state index in [1.807, 2.05) is 6.07 Å². The van der Waals surface area contributed by atoms with E-state index in [4.69, 9.17) is 22.1 Å². The second-order valence-corrected chi connectivity index (χ2v) is 6.85. The molecular formula is C17H19ClN2O4. The Balaban J connectivity index is 1.58. The van der Waals surface area contributed by atoms with Crippen molar-refractivity contribution in [2.75, 3.05) is 0 Å². The van der Waals surface area contributed by atoms with E-state index in [0.29, 0.717) is 30.0 Å². The molecule has 6 nitrogen and oxygen atoms in total. The molecule has 0 bridgehead atoms. The number of hydrogen-bond acceptors (Lipinski definition) is 4. The second-order valence-electron chi connectivity index (χ2n) is 6.44. The summed E-state index contributed by atoms with van der Waals surface area (Å²) in [6.07, 6.45) is 2.77. The normalized spacial score (nSPS) is 17.9. The number of rotatable bonds is 7. The standard InChI is InChI=1S/C17H19ClN2O4/c18-13-4-1-10(8-20-14(21)11-2-3-11)7-12(13)9-24-16(23)17(5-6-17)15(19)22/h1,4,7,11H,2-3,5-6,8-9H2,(H2,19,22)(H,20,21). The first-order chi connectivity index (χ1) is 11.4. The molecule has 0 spiro atoms. The van der Waals surface area contributed by atoms with Gasteiger partial charge in [-0.25, -0.2) is 0 Å². The fourth-order valence-electron chi connectivity index (χ4n) is 2.49. The predicted molar refractivity (Wildman–Crippen MR) is 86.7 cm³/mol. The van der Waals surface area contributed by atoms with Gasteiger partial charge in [-0.3, -0.25) is 14.4 Å². The van der Waals surface area contributed by atoms with Crippen molar-refractivity contribution in [3.05, 3.63) is 34.3 Å². The minimum Gasteiger partial charge on any atom is -0.460 e. The molecule has 2 amide bonds. The molecule has 0 saturated heterocycles. The maximum Gasteiger partial charge on any atom is 0.321 e. The topological polar surface area (TPSA) is 98.5 Å². The van der Waals surface area contributed by atoms with E-state index >= 15 is 0 Å². The molecule has 0 aliphatic heterocycles. The van der Waals surface area contributed by atoms with Crippen molar-refractivity contribution in [1.82, 2.24) is 5.32 Å². The zero-order valence-electron chi connectivity index (χ0n) is 13.1. The number of esters is 1. The number of carbonyl (C=O) groups is 3. The van der Waals surface area contributed by atoms with Crippen LogP contribution in [0.25, 0.3) is 0 Å². The van der Waals surface area contributed by atoms with Crippen LogP contribution in [-0.2, 0) is 32.3 Å². The Kier molecular flexibility index (Phi) is 4.49. The minimum atomic E-state index is -1.15. The summed E-state index contributed by atoms with van der Waals surface area (Å²) in [5, 5.41) is 3.33. The maximum atomic E-state index is 12.0. The van der Waals surface area contributed by atoms with Crippen LogP contribution in [0.3, 0.4) is 0 Å². The Morgan fingerprint density at radius 3 is 2.58 bits per heavy atom. The molecule has 128 valence electrons. The lowest BCUT2D eigenvalue weighted by Gasteiger charge is -2.13. The van der Waals surface area contributed by atoms with E-state index in [9.17, 15) is 14.4 Å². The van der Waals surface area contributed by atoms with E-state index in [0.717, 1.165) is 18.4 Å². The lowest BCUT2D eigenvalue weighted by Crippen LogP contribution is -2.33. The molecular weight excluding hydrogens is 332 g/mol. The van der Waals surface area contributed by atoms with Crippen LogP contribution in [0.15, 0.2) is 18.2 Å². The zero-order valence-corrected chi connectivity index (χ0v) is 13.9. The van der Waals surface area contributed by atoms with Crippen LogP contribution in [0.1, 0.15) is 36.8 Å². The summed E-state index contributed by atoms with van der Waals surface area (Å²) in [6, 6.07) is 5.30. The Labute approximate surface area is 144 Å². The molecule has 0 aromatic heterocycles. The third-order valence-electron chi connectivity index (χ3n) is 4.50. The van der Waals surface area contributed by atoms with Crippen molar-refractivity contribution in [1.29, 1.82) is 0 Å². The van der Waals surface area contributed by atoms with Gasteiger partial charge in [0.05, 0.1) is 0 Å². The van der Waals surface area contributed by atoms with Gasteiger partial charge in [0.15, 0.2) is 0 Å². The van der Waals surface area contributed by atoms with Gasteiger partial charge in [0, 0.05) is 23.0 Å². The van der Waals surface area contributed by atoms with Gasteiger partial charge in [-0.2, -0.15) is 0 Å². The van der Waals surface area contributed by atoms with Crippen LogP contribution in [0.5, 0.6) is 0 Å². The molecule has 0 unspecified atom stereocenters. The molecule has 0 heterocycles. The van der Waals surface area contributed by atoms with Gasteiger partial charge in [-0.1, -0.05) is 17.7 Å². The van der Waals surface area contributed by atoms with Gasteiger partial charge in [0.2, 0.25) is 11.8 Å². The first-order valence-electron chi connectivity index (χ1n) is 7.94. The fraction of sp³-hybridized carbons (Fsp3) is 0.471. The van der Waals surface area contributed by atoms with Gasteiger partial charge in [-0.15, -0.1) is 0 Å². The Morgan fingerprint density at radius 2 is 2.00 bits per heavy atom. The van der Waals surface area contributed by atoms with Crippen molar-refractivity contribution < 1.29 is 19.1 Å². The summed E-state index contributed by atoms with van der Waals surface area (Å²) in [6.45, 7) is 0.371. The summed E-state index contributed by atoms with van der Waals surface area (Å²) in [5.74, 6) is -1.02. The number of ether oxygens (including phenoxy) is 1. The summed E-state index contributed by atoms with van der Waals surface area (Å²) in [5.41, 5.74) is 5.60. The molecule has 2 aliphatic rings. The highest BCUT2D eigenvalue weighted by molar-refractivity contribution is 6.31. The highest BCUT2D eigenvalue weighted by Gasteiger charge is 2.57. The molecule has 1 aromatic rings. The van der Waals surface area contributed by atoms with Crippen LogP contribution in [0, 0.1) is 11.3 Å². The molecule has 0 radical (unpaired) electrons. The van der Waals surface area contributed by atoms with Gasteiger partial charge >= 0.3 is 5.97 Å². The van der Waals surface area contributed by atoms with Gasteiger partial charge in [-0.05, 0) is 43.4 Å². The van der Waals surface area contributed by atoms with Crippen LogP contribution < -0.4 is 11.1 Å². The highest BCUT2D eigenvalue weighted by Crippen LogP contribution is 2.46. The van der Waals surface area contributed by atoms with E-state index in [2.05, 4.69) is 5.32 Å². The second kappa shape index (κ2) is 6.43. The molecule has 2 aliphatic carbocycles. The number of carbonyl (C=O) groups excluding carboxylic acids is 3. The van der Waals surface area contributed by atoms with Crippen molar-refractivity contribution in [2.24, 2.45) is 17.1 Å². The lowest BCUT2D eigenvalue weighted by molar-refractivity contribution is -0.155. The van der Waals surface area contributed by atoms with Crippen LogP contribution in [0.4, 0.5) is 0 Å². The Morgan fingerprint density at radius 1 is 1.29 bits per heavy atom. The molecule has 2 fully saturated rings. The third-order valence-corrected chi connectivity index (χ3v) is 4.86. The molecule has 2 saturated carbocycles. The van der Waals surface area contributed by atoms with E-state index in [1.54, 1.807) is 12.1 Å². The highest BCUT2D eigenvalue weighted by atomic mass is 35.5. The quantitative estimate of drug-likeness (QED) is 0.577. The number of hydrogen-bond donors (Lipinski definition) is 2. The van der Waals surface area contributed by atoms with Crippen molar-refractivity contribution in [2.45, 2.75) is 38.8 Å². The van der Waals surface area contributed by atoms with Crippen molar-refractivity contribution in [3.63, 3.8) is 0 Å². The smallest absolute Gasteiger partial charge is 0.321 e. The van der Waals surface area contributed by atoms with Crippen LogP contribution >= 0.6 is 11.6 Å². The molecule has 3 N–H and O–H groups in total. The molecule has 0 atom stereocenters. The largest absolute Gasteiger partial charge is 0.460 e. The number of halogens is 1. The monoisotopic (exact) mass is 350 g/mol. The van der Waals surface area contributed by atoms with E-state index in [1.165, 1.54) is 0 Å². The van der Waals surface area contributed by atoms with Crippen molar-refractivity contribution >= 4 is 29.4 Å². The van der Waals surface area contributed by atoms with Crippen LogP contribution in [0.2, 0.25) is 5.02 Å². The zero-order chi connectivity index (χ0) is 17.3. The summed E-state index contributed by atoms with van der Waals surface area (Å²) in [7, 11) is 0. The van der Waals surface area contributed by atoms with Crippen LogP contribution in [-0.4, -0.2) is 17.8 Å². The number of benzene rings is 1. The first-order valence-corrected chi connectivity index (χ1v) is 8.32. The molecule has 1 aromatic carbocycles.